The van der Waals surface area contributed by atoms with Gasteiger partial charge in [-0.25, -0.2) is 0 Å². The molecule has 2 rings (SSSR count). The summed E-state index contributed by atoms with van der Waals surface area (Å²) in [5, 5.41) is 0. The first-order valence-corrected chi connectivity index (χ1v) is 5.27. The minimum absolute atomic E-state index is 0.385. The van der Waals surface area contributed by atoms with Crippen LogP contribution in [0.5, 0.6) is 0 Å². The van der Waals surface area contributed by atoms with E-state index in [0.717, 1.165) is 5.92 Å². The van der Waals surface area contributed by atoms with Crippen LogP contribution in [0.2, 0.25) is 0 Å². The highest BCUT2D eigenvalue weighted by atomic mass is 14.6. The molecule has 0 aromatic carbocycles. The quantitative estimate of drug-likeness (QED) is 0.535. The largest absolute Gasteiger partial charge is 0.103 e. The molecule has 2 bridgehead atoms. The smallest absolute Gasteiger partial charge is 0.00580 e. The number of rotatable bonds is 1. The summed E-state index contributed by atoms with van der Waals surface area (Å²) in [4.78, 5) is 0. The first-order valence-electron chi connectivity index (χ1n) is 5.27. The lowest BCUT2D eigenvalue weighted by molar-refractivity contribution is 0.150. The first-order chi connectivity index (χ1) is 5.95. The van der Waals surface area contributed by atoms with E-state index in [4.69, 9.17) is 0 Å². The molecule has 2 aliphatic carbocycles. The second-order valence-electron chi connectivity index (χ2n) is 5.49. The third-order valence-electron chi connectivity index (χ3n) is 5.08. The van der Waals surface area contributed by atoms with E-state index in [9.17, 15) is 0 Å². The predicted molar refractivity (Wildman–Crippen MR) is 57.4 cm³/mol. The molecular formula is C13H20. The first kappa shape index (κ1) is 9.05. The third kappa shape index (κ3) is 0.775. The van der Waals surface area contributed by atoms with Gasteiger partial charge in [-0.3, -0.25) is 0 Å². The van der Waals surface area contributed by atoms with Gasteiger partial charge in [-0.1, -0.05) is 45.9 Å². The molecule has 72 valence electrons. The van der Waals surface area contributed by atoms with Crippen LogP contribution in [0.15, 0.2) is 24.8 Å². The fourth-order valence-corrected chi connectivity index (χ4v) is 3.53. The summed E-state index contributed by atoms with van der Waals surface area (Å²) in [6.45, 7) is 13.5. The van der Waals surface area contributed by atoms with Gasteiger partial charge in [0, 0.05) is 0 Å². The predicted octanol–water partition coefficient (Wildman–Crippen LogP) is 3.66. The van der Waals surface area contributed by atoms with E-state index in [1.165, 1.54) is 0 Å². The van der Waals surface area contributed by atoms with Crippen LogP contribution in [-0.2, 0) is 0 Å². The molecule has 0 nitrogen and oxygen atoms in total. The molecule has 0 saturated heterocycles. The Hall–Kier alpha value is -0.520. The summed E-state index contributed by atoms with van der Waals surface area (Å²) in [5.74, 6) is 2.14. The molecule has 0 N–H and O–H groups in total. The zero-order chi connectivity index (χ0) is 9.85. The summed E-state index contributed by atoms with van der Waals surface area (Å²) in [7, 11) is 0. The highest BCUT2D eigenvalue weighted by Crippen LogP contribution is 2.66. The van der Waals surface area contributed by atoms with Gasteiger partial charge in [0.15, 0.2) is 0 Å². The van der Waals surface area contributed by atoms with Crippen LogP contribution in [0.3, 0.4) is 0 Å². The Bertz CT molecular complexity index is 272. The highest BCUT2D eigenvalue weighted by Gasteiger charge is 2.60. The lowest BCUT2D eigenvalue weighted by atomic mass is 9.67. The van der Waals surface area contributed by atoms with Gasteiger partial charge in [-0.05, 0) is 28.6 Å². The maximum Gasteiger partial charge on any atom is -0.00580 e. The van der Waals surface area contributed by atoms with E-state index in [1.54, 1.807) is 0 Å². The topological polar surface area (TPSA) is 0 Å². The van der Waals surface area contributed by atoms with Crippen LogP contribution in [-0.4, -0.2) is 0 Å². The SMILES string of the molecule is C=CC1C2C=CC(C)(C1C)C2(C)C. The van der Waals surface area contributed by atoms with Crippen molar-refractivity contribution in [3.63, 3.8) is 0 Å². The van der Waals surface area contributed by atoms with E-state index in [-0.39, 0.29) is 0 Å². The molecule has 1 saturated carbocycles. The average molecular weight is 176 g/mol. The van der Waals surface area contributed by atoms with Crippen LogP contribution < -0.4 is 0 Å². The molecule has 4 atom stereocenters. The minimum atomic E-state index is 0.385. The fraction of sp³-hybridized carbons (Fsp3) is 0.692. The minimum Gasteiger partial charge on any atom is -0.103 e. The Morgan fingerprint density at radius 3 is 2.23 bits per heavy atom. The van der Waals surface area contributed by atoms with Crippen molar-refractivity contribution in [2.45, 2.75) is 27.7 Å². The van der Waals surface area contributed by atoms with Crippen LogP contribution in [0.4, 0.5) is 0 Å². The van der Waals surface area contributed by atoms with Crippen molar-refractivity contribution in [2.24, 2.45) is 28.6 Å². The molecule has 0 aromatic heterocycles. The molecule has 4 unspecified atom stereocenters. The van der Waals surface area contributed by atoms with Crippen molar-refractivity contribution >= 4 is 0 Å². The Kier molecular flexibility index (Phi) is 1.59. The molecule has 2 aliphatic rings. The van der Waals surface area contributed by atoms with E-state index in [2.05, 4.69) is 52.5 Å². The van der Waals surface area contributed by atoms with E-state index in [0.29, 0.717) is 22.7 Å². The molecule has 0 heterocycles. The number of hydrogen-bond donors (Lipinski definition) is 0. The van der Waals surface area contributed by atoms with Gasteiger partial charge in [0.1, 0.15) is 0 Å². The van der Waals surface area contributed by atoms with Crippen molar-refractivity contribution in [2.75, 3.05) is 0 Å². The average Bonchev–Trinajstić information content (AvgIpc) is 2.36. The maximum atomic E-state index is 3.97. The lowest BCUT2D eigenvalue weighted by Crippen LogP contribution is -2.31. The second kappa shape index (κ2) is 2.29. The van der Waals surface area contributed by atoms with E-state index < -0.39 is 0 Å². The van der Waals surface area contributed by atoms with Gasteiger partial charge < -0.3 is 0 Å². The molecular weight excluding hydrogens is 156 g/mol. The van der Waals surface area contributed by atoms with Crippen LogP contribution in [0, 0.1) is 28.6 Å². The monoisotopic (exact) mass is 176 g/mol. The zero-order valence-corrected chi connectivity index (χ0v) is 9.17. The van der Waals surface area contributed by atoms with Crippen LogP contribution in [0.25, 0.3) is 0 Å². The van der Waals surface area contributed by atoms with E-state index >= 15 is 0 Å². The van der Waals surface area contributed by atoms with Crippen molar-refractivity contribution in [1.29, 1.82) is 0 Å². The van der Waals surface area contributed by atoms with Gasteiger partial charge in [0.25, 0.3) is 0 Å². The van der Waals surface area contributed by atoms with Gasteiger partial charge in [0.05, 0.1) is 0 Å². The van der Waals surface area contributed by atoms with Crippen LogP contribution in [0.1, 0.15) is 27.7 Å². The normalized spacial score (nSPS) is 51.2. The maximum absolute atomic E-state index is 3.97. The molecule has 0 amide bonds. The third-order valence-corrected chi connectivity index (χ3v) is 5.08. The number of hydrogen-bond acceptors (Lipinski definition) is 0. The second-order valence-corrected chi connectivity index (χ2v) is 5.49. The Morgan fingerprint density at radius 2 is 1.92 bits per heavy atom. The molecule has 0 radical (unpaired) electrons. The van der Waals surface area contributed by atoms with Crippen LogP contribution >= 0.6 is 0 Å². The van der Waals surface area contributed by atoms with E-state index in [1.807, 2.05) is 0 Å². The number of fused-ring (bicyclic) bond motifs is 2. The Morgan fingerprint density at radius 1 is 1.31 bits per heavy atom. The summed E-state index contributed by atoms with van der Waals surface area (Å²) < 4.78 is 0. The van der Waals surface area contributed by atoms with Gasteiger partial charge in [0.2, 0.25) is 0 Å². The molecule has 1 fully saturated rings. The van der Waals surface area contributed by atoms with Crippen molar-refractivity contribution in [3.05, 3.63) is 24.8 Å². The summed E-state index contributed by atoms with van der Waals surface area (Å²) >= 11 is 0. The van der Waals surface area contributed by atoms with Gasteiger partial charge >= 0.3 is 0 Å². The fourth-order valence-electron chi connectivity index (χ4n) is 3.53. The standard InChI is InChI=1S/C13H20/c1-6-10-9(2)13(5)8-7-11(10)12(13,3)4/h6-11H,1H2,2-5H3. The summed E-state index contributed by atoms with van der Waals surface area (Å²) in [6.07, 6.45) is 7.00. The Labute approximate surface area is 81.7 Å². The van der Waals surface area contributed by atoms with Gasteiger partial charge in [-0.2, -0.15) is 0 Å². The Balaban J connectivity index is 2.50. The van der Waals surface area contributed by atoms with Crippen molar-refractivity contribution < 1.29 is 0 Å². The molecule has 0 aromatic rings. The highest BCUT2D eigenvalue weighted by molar-refractivity contribution is 5.28. The molecule has 13 heavy (non-hydrogen) atoms. The summed E-state index contributed by atoms with van der Waals surface area (Å²) in [5.41, 5.74) is 0.807. The summed E-state index contributed by atoms with van der Waals surface area (Å²) in [6, 6.07) is 0. The zero-order valence-electron chi connectivity index (χ0n) is 9.17. The number of allylic oxidation sites excluding steroid dienone is 3. The molecule has 0 heteroatoms. The van der Waals surface area contributed by atoms with Crippen molar-refractivity contribution in [3.8, 4) is 0 Å². The van der Waals surface area contributed by atoms with Crippen molar-refractivity contribution in [1.82, 2.24) is 0 Å². The molecule has 0 spiro atoms. The lowest BCUT2D eigenvalue weighted by Gasteiger charge is -2.37. The molecule has 0 aliphatic heterocycles. The van der Waals surface area contributed by atoms with Gasteiger partial charge in [-0.15, -0.1) is 6.58 Å².